The molecule has 0 spiro atoms. The van der Waals surface area contributed by atoms with Gasteiger partial charge in [-0.2, -0.15) is 0 Å². The van der Waals surface area contributed by atoms with E-state index in [1.165, 1.54) is 0 Å². The van der Waals surface area contributed by atoms with E-state index in [1.807, 2.05) is 5.10 Å². The second-order valence-corrected chi connectivity index (χ2v) is 4.54. The zero-order valence-corrected chi connectivity index (χ0v) is 10.6. The molecule has 5 nitrogen and oxygen atoms in total. The van der Waals surface area contributed by atoms with Crippen LogP contribution in [0.5, 0.6) is 0 Å². The number of hydrogen-bond acceptors (Lipinski definition) is 4. The number of rotatable bonds is 4. The Morgan fingerprint density at radius 1 is 1.05 bits per heavy atom. The molecule has 0 saturated heterocycles. The molecule has 0 aliphatic carbocycles. The number of thioether (sulfide) groups is 1. The van der Waals surface area contributed by atoms with Gasteiger partial charge in [0.1, 0.15) is 0 Å². The third-order valence-corrected chi connectivity index (χ3v) is 3.07. The van der Waals surface area contributed by atoms with Crippen molar-refractivity contribution < 1.29 is 31.9 Å². The summed E-state index contributed by atoms with van der Waals surface area (Å²) in [5.74, 6) is -12.9. The fraction of sp³-hybridized carbons (Fsp3) is 0.100. The fourth-order valence-corrected chi connectivity index (χ4v) is 1.88. The molecule has 0 saturated carbocycles. The molecule has 1 aromatic heterocycles. The number of nitrogens with zero attached hydrogens (tertiary/aromatic N) is 2. The van der Waals surface area contributed by atoms with Crippen LogP contribution in [0.4, 0.5) is 22.0 Å². The van der Waals surface area contributed by atoms with Crippen LogP contribution in [0.1, 0.15) is 0 Å². The van der Waals surface area contributed by atoms with Crippen LogP contribution in [0.15, 0.2) is 5.16 Å². The lowest BCUT2D eigenvalue weighted by molar-refractivity contribution is -0.133. The van der Waals surface area contributed by atoms with Crippen LogP contribution in [0, 0.1) is 29.1 Å². The highest BCUT2D eigenvalue weighted by molar-refractivity contribution is 7.99. The molecule has 0 aliphatic heterocycles. The number of aromatic amines is 1. The van der Waals surface area contributed by atoms with E-state index < -0.39 is 52.2 Å². The summed E-state index contributed by atoms with van der Waals surface area (Å²) < 4.78 is 66.0. The van der Waals surface area contributed by atoms with E-state index in [1.54, 1.807) is 0 Å². The zero-order valence-electron chi connectivity index (χ0n) is 9.76. The molecule has 2 rings (SSSR count). The van der Waals surface area contributed by atoms with Crippen molar-refractivity contribution in [2.24, 2.45) is 0 Å². The van der Waals surface area contributed by atoms with Crippen molar-refractivity contribution in [3.8, 4) is 11.4 Å². The van der Waals surface area contributed by atoms with Crippen molar-refractivity contribution >= 4 is 17.7 Å². The summed E-state index contributed by atoms with van der Waals surface area (Å²) in [6.07, 6.45) is 0. The van der Waals surface area contributed by atoms with Crippen LogP contribution in [0.25, 0.3) is 11.4 Å². The lowest BCUT2D eigenvalue weighted by atomic mass is 10.1. The summed E-state index contributed by atoms with van der Waals surface area (Å²) >= 11 is 0.608. The van der Waals surface area contributed by atoms with Crippen LogP contribution in [0.3, 0.4) is 0 Å². The lowest BCUT2D eigenvalue weighted by Gasteiger charge is -2.04. The Balaban J connectivity index is 2.46. The van der Waals surface area contributed by atoms with Gasteiger partial charge in [-0.3, -0.25) is 9.89 Å². The normalized spacial score (nSPS) is 10.9. The second-order valence-electron chi connectivity index (χ2n) is 3.59. The predicted octanol–water partition coefficient (Wildman–Crippen LogP) is 2.34. The molecule has 0 aliphatic rings. The van der Waals surface area contributed by atoms with Crippen LogP contribution >= 0.6 is 11.8 Å². The highest BCUT2D eigenvalue weighted by Gasteiger charge is 2.28. The number of aromatic nitrogens is 3. The van der Waals surface area contributed by atoms with Gasteiger partial charge in [0.15, 0.2) is 29.1 Å². The molecule has 1 heterocycles. The average Bonchev–Trinajstić information content (AvgIpc) is 2.89. The van der Waals surface area contributed by atoms with Gasteiger partial charge in [0.2, 0.25) is 11.0 Å². The topological polar surface area (TPSA) is 78.9 Å². The number of nitrogens with one attached hydrogen (secondary N) is 1. The number of benzene rings is 1. The monoisotopic (exact) mass is 325 g/mol. The Morgan fingerprint density at radius 3 is 2.10 bits per heavy atom. The summed E-state index contributed by atoms with van der Waals surface area (Å²) in [6.45, 7) is 0. The Bertz CT molecular complexity index is 692. The highest BCUT2D eigenvalue weighted by Crippen LogP contribution is 2.30. The Labute approximate surface area is 117 Å². The summed E-state index contributed by atoms with van der Waals surface area (Å²) in [7, 11) is 0. The van der Waals surface area contributed by atoms with Gasteiger partial charge >= 0.3 is 5.97 Å². The van der Waals surface area contributed by atoms with Crippen molar-refractivity contribution in [1.82, 2.24) is 15.2 Å². The van der Waals surface area contributed by atoms with Crippen molar-refractivity contribution in [3.63, 3.8) is 0 Å². The maximum Gasteiger partial charge on any atom is 0.313 e. The molecular weight excluding hydrogens is 321 g/mol. The van der Waals surface area contributed by atoms with Gasteiger partial charge in [0.05, 0.1) is 11.3 Å². The molecule has 0 bridgehead atoms. The van der Waals surface area contributed by atoms with E-state index in [-0.39, 0.29) is 5.16 Å². The lowest BCUT2D eigenvalue weighted by Crippen LogP contribution is -2.04. The van der Waals surface area contributed by atoms with Crippen LogP contribution in [-0.4, -0.2) is 32.0 Å². The van der Waals surface area contributed by atoms with Crippen molar-refractivity contribution in [1.29, 1.82) is 0 Å². The van der Waals surface area contributed by atoms with E-state index >= 15 is 0 Å². The molecule has 0 amide bonds. The molecule has 0 unspecified atom stereocenters. The minimum absolute atomic E-state index is 0.212. The van der Waals surface area contributed by atoms with Gasteiger partial charge in [0.25, 0.3) is 0 Å². The molecular formula is C10H4F5N3O2S. The van der Waals surface area contributed by atoms with Crippen molar-refractivity contribution in [2.75, 3.05) is 5.75 Å². The van der Waals surface area contributed by atoms with Crippen LogP contribution in [-0.2, 0) is 4.79 Å². The summed E-state index contributed by atoms with van der Waals surface area (Å²) in [4.78, 5) is 13.8. The van der Waals surface area contributed by atoms with Crippen molar-refractivity contribution in [3.05, 3.63) is 29.1 Å². The van der Waals surface area contributed by atoms with Gasteiger partial charge in [-0.05, 0) is 0 Å². The van der Waals surface area contributed by atoms with E-state index in [2.05, 4.69) is 10.1 Å². The first-order chi connectivity index (χ1) is 9.82. The SMILES string of the molecule is O=C(O)CSc1n[nH]c(-c2c(F)c(F)c(F)c(F)c2F)n1. The van der Waals surface area contributed by atoms with Gasteiger partial charge < -0.3 is 5.11 Å². The molecule has 0 radical (unpaired) electrons. The third-order valence-electron chi connectivity index (χ3n) is 2.24. The number of H-pyrrole nitrogens is 1. The Morgan fingerprint density at radius 2 is 1.57 bits per heavy atom. The predicted molar refractivity (Wildman–Crippen MR) is 60.0 cm³/mol. The van der Waals surface area contributed by atoms with Gasteiger partial charge in [-0.25, -0.2) is 26.9 Å². The van der Waals surface area contributed by atoms with E-state index in [9.17, 15) is 26.7 Å². The quantitative estimate of drug-likeness (QED) is 0.390. The molecule has 112 valence electrons. The summed E-state index contributed by atoms with van der Waals surface area (Å²) in [5.41, 5.74) is -1.26. The number of hydrogen-bond donors (Lipinski definition) is 2. The number of carboxylic acids is 1. The number of aliphatic carboxylic acids is 1. The highest BCUT2D eigenvalue weighted by atomic mass is 32.2. The van der Waals surface area contributed by atoms with E-state index in [0.717, 1.165) is 0 Å². The molecule has 0 fully saturated rings. The number of halogens is 5. The zero-order chi connectivity index (χ0) is 15.7. The van der Waals surface area contributed by atoms with Gasteiger partial charge in [-0.1, -0.05) is 11.8 Å². The van der Waals surface area contributed by atoms with Gasteiger partial charge in [-0.15, -0.1) is 5.10 Å². The first-order valence-corrected chi connectivity index (χ1v) is 6.10. The largest absolute Gasteiger partial charge is 0.481 e. The maximum atomic E-state index is 13.5. The number of carbonyl (C=O) groups is 1. The first kappa shape index (κ1) is 15.2. The van der Waals surface area contributed by atoms with Crippen LogP contribution in [0.2, 0.25) is 0 Å². The van der Waals surface area contributed by atoms with Gasteiger partial charge in [0, 0.05) is 0 Å². The maximum absolute atomic E-state index is 13.5. The summed E-state index contributed by atoms with van der Waals surface area (Å²) in [5, 5.41) is 13.6. The second kappa shape index (κ2) is 5.68. The third kappa shape index (κ3) is 2.82. The van der Waals surface area contributed by atoms with Crippen molar-refractivity contribution in [2.45, 2.75) is 5.16 Å². The van der Waals surface area contributed by atoms with Crippen LogP contribution < -0.4 is 0 Å². The molecule has 2 N–H and O–H groups in total. The minimum Gasteiger partial charge on any atom is -0.481 e. The molecule has 11 heteroatoms. The van der Waals surface area contributed by atoms with E-state index in [4.69, 9.17) is 5.11 Å². The summed E-state index contributed by atoms with van der Waals surface area (Å²) in [6, 6.07) is 0. The standard InChI is InChI=1S/C10H4F5N3O2S/c11-4-3(5(12)7(14)8(15)6(4)13)9-16-10(18-17-9)21-1-2(19)20/h1H2,(H,19,20)(H,16,17,18). The minimum atomic E-state index is -2.28. The smallest absolute Gasteiger partial charge is 0.313 e. The molecule has 21 heavy (non-hydrogen) atoms. The molecule has 1 aromatic carbocycles. The first-order valence-electron chi connectivity index (χ1n) is 5.11. The average molecular weight is 325 g/mol. The Kier molecular flexibility index (Phi) is 4.11. The Hall–Kier alpha value is -2.17. The number of carboxylic acid groups (broad SMARTS) is 1. The molecule has 0 atom stereocenters. The molecule has 2 aromatic rings. The fourth-order valence-electron chi connectivity index (χ4n) is 1.36. The van der Waals surface area contributed by atoms with E-state index in [0.29, 0.717) is 11.8 Å².